The Balaban J connectivity index is 2.37. The molecule has 2 aromatic rings. The molecule has 0 spiro atoms. The molecule has 0 aliphatic heterocycles. The van der Waals surface area contributed by atoms with Gasteiger partial charge in [-0.05, 0) is 62.7 Å². The molecule has 0 saturated heterocycles. The van der Waals surface area contributed by atoms with Gasteiger partial charge in [0.25, 0.3) is 0 Å². The first kappa shape index (κ1) is 14.9. The van der Waals surface area contributed by atoms with Crippen molar-refractivity contribution in [3.8, 4) is 11.4 Å². The van der Waals surface area contributed by atoms with Crippen LogP contribution in [0.25, 0.3) is 11.8 Å². The van der Waals surface area contributed by atoms with Crippen LogP contribution in [0.3, 0.4) is 0 Å². The van der Waals surface area contributed by atoms with E-state index < -0.39 is 5.97 Å². The van der Waals surface area contributed by atoms with Gasteiger partial charge in [0.15, 0.2) is 0 Å². The molecule has 21 heavy (non-hydrogen) atoms. The third-order valence-corrected chi connectivity index (χ3v) is 3.28. The lowest BCUT2D eigenvalue weighted by Gasteiger charge is -2.11. The molecule has 0 fully saturated rings. The molecular weight excluding hydrogens is 266 g/mol. The standard InChI is InChI=1S/C17H19NO3/c1-4-21-16-8-6-15(7-9-16)18-12(2)11-14(13(18)3)5-10-17(19)20/h5-11H,4H2,1-3H3,(H,19,20)/b10-5+. The second-order valence-corrected chi connectivity index (χ2v) is 4.76. The second-order valence-electron chi connectivity index (χ2n) is 4.76. The average Bonchev–Trinajstić information content (AvgIpc) is 2.73. The Morgan fingerprint density at radius 3 is 2.52 bits per heavy atom. The third-order valence-electron chi connectivity index (χ3n) is 3.28. The normalized spacial score (nSPS) is 11.0. The van der Waals surface area contributed by atoms with Crippen LogP contribution < -0.4 is 4.74 Å². The fraction of sp³-hybridized carbons (Fsp3) is 0.235. The van der Waals surface area contributed by atoms with E-state index in [9.17, 15) is 4.79 Å². The molecule has 1 aromatic carbocycles. The molecule has 0 radical (unpaired) electrons. The number of carboxylic acids is 1. The van der Waals surface area contributed by atoms with Crippen molar-refractivity contribution in [1.82, 2.24) is 4.57 Å². The SMILES string of the molecule is CCOc1ccc(-n2c(C)cc(/C=C/C(=O)O)c2C)cc1. The minimum atomic E-state index is -0.944. The van der Waals surface area contributed by atoms with Gasteiger partial charge in [0.05, 0.1) is 6.61 Å². The number of rotatable bonds is 5. The fourth-order valence-corrected chi connectivity index (χ4v) is 2.37. The zero-order chi connectivity index (χ0) is 15.4. The smallest absolute Gasteiger partial charge is 0.328 e. The molecule has 0 saturated carbocycles. The Kier molecular flexibility index (Phi) is 4.48. The van der Waals surface area contributed by atoms with Gasteiger partial charge in [-0.3, -0.25) is 0 Å². The van der Waals surface area contributed by atoms with E-state index in [2.05, 4.69) is 4.57 Å². The predicted molar refractivity (Wildman–Crippen MR) is 83.1 cm³/mol. The van der Waals surface area contributed by atoms with Crippen molar-refractivity contribution >= 4 is 12.0 Å². The van der Waals surface area contributed by atoms with Crippen molar-refractivity contribution in [2.45, 2.75) is 20.8 Å². The summed E-state index contributed by atoms with van der Waals surface area (Å²) in [6.07, 6.45) is 2.78. The van der Waals surface area contributed by atoms with Crippen molar-refractivity contribution in [2.24, 2.45) is 0 Å². The topological polar surface area (TPSA) is 51.5 Å². The summed E-state index contributed by atoms with van der Waals surface area (Å²) in [4.78, 5) is 10.6. The van der Waals surface area contributed by atoms with Crippen LogP contribution in [0.5, 0.6) is 5.75 Å². The van der Waals surface area contributed by atoms with Crippen LogP contribution in [0.1, 0.15) is 23.9 Å². The summed E-state index contributed by atoms with van der Waals surface area (Å²) in [7, 11) is 0. The molecular formula is C17H19NO3. The largest absolute Gasteiger partial charge is 0.494 e. The van der Waals surface area contributed by atoms with Gasteiger partial charge < -0.3 is 14.4 Å². The molecule has 0 unspecified atom stereocenters. The lowest BCUT2D eigenvalue weighted by Crippen LogP contribution is -1.99. The summed E-state index contributed by atoms with van der Waals surface area (Å²) < 4.78 is 7.54. The van der Waals surface area contributed by atoms with Crippen LogP contribution >= 0.6 is 0 Å². The summed E-state index contributed by atoms with van der Waals surface area (Å²) in [5.41, 5.74) is 4.00. The molecule has 4 heteroatoms. The number of aryl methyl sites for hydroxylation is 1. The number of nitrogens with zero attached hydrogens (tertiary/aromatic N) is 1. The first-order chi connectivity index (χ1) is 10.0. The zero-order valence-corrected chi connectivity index (χ0v) is 12.5. The summed E-state index contributed by atoms with van der Waals surface area (Å²) in [6, 6.07) is 9.84. The molecule has 0 bridgehead atoms. The van der Waals surface area contributed by atoms with Crippen LogP contribution in [-0.4, -0.2) is 22.2 Å². The first-order valence-corrected chi connectivity index (χ1v) is 6.86. The molecule has 110 valence electrons. The lowest BCUT2D eigenvalue weighted by molar-refractivity contribution is -0.131. The van der Waals surface area contributed by atoms with Gasteiger partial charge in [-0.15, -0.1) is 0 Å². The molecule has 1 aromatic heterocycles. The van der Waals surface area contributed by atoms with Gasteiger partial charge in [0.2, 0.25) is 0 Å². The zero-order valence-electron chi connectivity index (χ0n) is 12.5. The fourth-order valence-electron chi connectivity index (χ4n) is 2.37. The summed E-state index contributed by atoms with van der Waals surface area (Å²) in [5.74, 6) is -0.101. The van der Waals surface area contributed by atoms with E-state index in [1.54, 1.807) is 6.08 Å². The Bertz CT molecular complexity index is 666. The van der Waals surface area contributed by atoms with E-state index >= 15 is 0 Å². The van der Waals surface area contributed by atoms with Crippen LogP contribution in [0.4, 0.5) is 0 Å². The highest BCUT2D eigenvalue weighted by Crippen LogP contribution is 2.23. The highest BCUT2D eigenvalue weighted by atomic mass is 16.5. The first-order valence-electron chi connectivity index (χ1n) is 6.86. The number of benzene rings is 1. The number of hydrogen-bond acceptors (Lipinski definition) is 2. The summed E-state index contributed by atoms with van der Waals surface area (Å²) in [6.45, 7) is 6.58. The molecule has 1 heterocycles. The third kappa shape index (κ3) is 3.34. The van der Waals surface area contributed by atoms with Crippen molar-refractivity contribution < 1.29 is 14.6 Å². The number of carboxylic acid groups (broad SMARTS) is 1. The van der Waals surface area contributed by atoms with Crippen molar-refractivity contribution in [1.29, 1.82) is 0 Å². The molecule has 0 aliphatic rings. The number of aromatic nitrogens is 1. The Morgan fingerprint density at radius 1 is 1.29 bits per heavy atom. The average molecular weight is 285 g/mol. The van der Waals surface area contributed by atoms with E-state index in [4.69, 9.17) is 9.84 Å². The van der Waals surface area contributed by atoms with Crippen LogP contribution in [0.15, 0.2) is 36.4 Å². The summed E-state index contributed by atoms with van der Waals surface area (Å²) in [5, 5.41) is 8.73. The van der Waals surface area contributed by atoms with Crippen molar-refractivity contribution in [3.63, 3.8) is 0 Å². The molecule has 1 N–H and O–H groups in total. The Morgan fingerprint density at radius 2 is 1.95 bits per heavy atom. The molecule has 2 rings (SSSR count). The number of hydrogen-bond donors (Lipinski definition) is 1. The molecule has 0 atom stereocenters. The van der Waals surface area contributed by atoms with Gasteiger partial charge in [-0.25, -0.2) is 4.79 Å². The lowest BCUT2D eigenvalue weighted by atomic mass is 10.2. The van der Waals surface area contributed by atoms with E-state index in [1.807, 2.05) is 51.1 Å². The minimum Gasteiger partial charge on any atom is -0.494 e. The maximum absolute atomic E-state index is 10.6. The van der Waals surface area contributed by atoms with Gasteiger partial charge >= 0.3 is 5.97 Å². The van der Waals surface area contributed by atoms with Gasteiger partial charge in [0, 0.05) is 23.2 Å². The highest BCUT2D eigenvalue weighted by molar-refractivity contribution is 5.85. The number of ether oxygens (including phenoxy) is 1. The van der Waals surface area contributed by atoms with Crippen molar-refractivity contribution in [3.05, 3.63) is 53.4 Å². The summed E-state index contributed by atoms with van der Waals surface area (Å²) >= 11 is 0. The van der Waals surface area contributed by atoms with E-state index in [1.165, 1.54) is 0 Å². The molecule has 0 amide bonds. The van der Waals surface area contributed by atoms with Crippen LogP contribution in [0, 0.1) is 13.8 Å². The molecule has 0 aliphatic carbocycles. The predicted octanol–water partition coefficient (Wildman–Crippen LogP) is 3.59. The van der Waals surface area contributed by atoms with Gasteiger partial charge in [-0.1, -0.05) is 0 Å². The van der Waals surface area contributed by atoms with E-state index in [-0.39, 0.29) is 0 Å². The Hall–Kier alpha value is -2.49. The van der Waals surface area contributed by atoms with E-state index in [0.29, 0.717) is 6.61 Å². The van der Waals surface area contributed by atoms with Crippen LogP contribution in [0.2, 0.25) is 0 Å². The maximum Gasteiger partial charge on any atom is 0.328 e. The minimum absolute atomic E-state index is 0.644. The van der Waals surface area contributed by atoms with Gasteiger partial charge in [-0.2, -0.15) is 0 Å². The monoisotopic (exact) mass is 285 g/mol. The number of aliphatic carboxylic acids is 1. The van der Waals surface area contributed by atoms with Gasteiger partial charge in [0.1, 0.15) is 5.75 Å². The van der Waals surface area contributed by atoms with E-state index in [0.717, 1.165) is 34.5 Å². The Labute approximate surface area is 124 Å². The van der Waals surface area contributed by atoms with Crippen molar-refractivity contribution in [2.75, 3.05) is 6.61 Å². The quantitative estimate of drug-likeness (QED) is 0.854. The second kappa shape index (κ2) is 6.31. The maximum atomic E-state index is 10.6. The number of carbonyl (C=O) groups is 1. The highest BCUT2D eigenvalue weighted by Gasteiger charge is 2.09. The van der Waals surface area contributed by atoms with Crippen LogP contribution in [-0.2, 0) is 4.79 Å². The molecule has 4 nitrogen and oxygen atoms in total.